The topological polar surface area (TPSA) is 86.6 Å². The lowest BCUT2D eigenvalue weighted by molar-refractivity contribution is -0.142. The number of aliphatic hydroxyl groups excluding tert-OH is 1. The molecule has 3 N–H and O–H groups in total. The molecule has 18 heavy (non-hydrogen) atoms. The van der Waals surface area contributed by atoms with Gasteiger partial charge in [0, 0.05) is 19.4 Å². The fraction of sp³-hybridized carbons (Fsp3) is 0.846. The Morgan fingerprint density at radius 1 is 1.22 bits per heavy atom. The number of hydrogen-bond acceptors (Lipinski definition) is 3. The first kappa shape index (κ1) is 15.0. The lowest BCUT2D eigenvalue weighted by atomic mass is 9.86. The zero-order valence-corrected chi connectivity index (χ0v) is 10.7. The van der Waals surface area contributed by atoms with Crippen LogP contribution in [0, 0.1) is 5.92 Å². The molecule has 1 rings (SSSR count). The van der Waals surface area contributed by atoms with Crippen LogP contribution < -0.4 is 5.32 Å². The van der Waals surface area contributed by atoms with Crippen LogP contribution in [-0.4, -0.2) is 34.7 Å². The number of aliphatic hydroxyl groups is 1. The summed E-state index contributed by atoms with van der Waals surface area (Å²) in [6.07, 6.45) is 7.45. The van der Waals surface area contributed by atoms with Gasteiger partial charge in [-0.15, -0.1) is 0 Å². The molecular formula is C13H23NO4. The minimum Gasteiger partial charge on any atom is -0.480 e. The van der Waals surface area contributed by atoms with Crippen LogP contribution >= 0.6 is 0 Å². The fourth-order valence-electron chi connectivity index (χ4n) is 2.46. The highest BCUT2D eigenvalue weighted by Crippen LogP contribution is 2.27. The van der Waals surface area contributed by atoms with E-state index in [-0.39, 0.29) is 18.9 Å². The maximum absolute atomic E-state index is 11.6. The van der Waals surface area contributed by atoms with Crippen molar-refractivity contribution in [3.05, 3.63) is 0 Å². The van der Waals surface area contributed by atoms with Crippen molar-refractivity contribution in [2.75, 3.05) is 6.61 Å². The number of hydrogen-bond donors (Lipinski definition) is 3. The standard InChI is InChI=1S/C13H23NO4/c15-9-8-11(13(17)18)14-12(16)7-6-10-4-2-1-3-5-10/h10-11,15H,1-9H2,(H,14,16)(H,17,18). The molecule has 104 valence electrons. The summed E-state index contributed by atoms with van der Waals surface area (Å²) in [7, 11) is 0. The molecule has 0 aliphatic heterocycles. The predicted molar refractivity (Wildman–Crippen MR) is 67.1 cm³/mol. The van der Waals surface area contributed by atoms with Crippen LogP contribution in [0.1, 0.15) is 51.4 Å². The van der Waals surface area contributed by atoms with Crippen molar-refractivity contribution in [1.29, 1.82) is 0 Å². The summed E-state index contributed by atoms with van der Waals surface area (Å²) in [6, 6.07) is -0.964. The SMILES string of the molecule is O=C(CCC1CCCCC1)NC(CCO)C(=O)O. The van der Waals surface area contributed by atoms with Gasteiger partial charge in [-0.25, -0.2) is 4.79 Å². The van der Waals surface area contributed by atoms with Gasteiger partial charge in [0.2, 0.25) is 5.91 Å². The number of rotatable bonds is 7. The quantitative estimate of drug-likeness (QED) is 0.641. The van der Waals surface area contributed by atoms with Gasteiger partial charge in [0.05, 0.1) is 0 Å². The lowest BCUT2D eigenvalue weighted by Crippen LogP contribution is -2.41. The second kappa shape index (κ2) is 8.08. The van der Waals surface area contributed by atoms with Crippen LogP contribution in [0.25, 0.3) is 0 Å². The van der Waals surface area contributed by atoms with Crippen molar-refractivity contribution in [3.8, 4) is 0 Å². The van der Waals surface area contributed by atoms with Crippen molar-refractivity contribution >= 4 is 11.9 Å². The van der Waals surface area contributed by atoms with Crippen LogP contribution in [0.15, 0.2) is 0 Å². The largest absolute Gasteiger partial charge is 0.480 e. The van der Waals surface area contributed by atoms with Gasteiger partial charge in [0.15, 0.2) is 0 Å². The maximum Gasteiger partial charge on any atom is 0.326 e. The molecule has 0 aromatic heterocycles. The molecule has 1 aliphatic rings. The van der Waals surface area contributed by atoms with Gasteiger partial charge in [-0.3, -0.25) is 4.79 Å². The predicted octanol–water partition coefficient (Wildman–Crippen LogP) is 1.30. The number of carboxylic acid groups (broad SMARTS) is 1. The number of carboxylic acids is 1. The molecule has 5 heteroatoms. The first-order valence-corrected chi connectivity index (χ1v) is 6.76. The summed E-state index contributed by atoms with van der Waals surface area (Å²) in [4.78, 5) is 22.4. The Labute approximate surface area is 108 Å². The summed E-state index contributed by atoms with van der Waals surface area (Å²) in [6.45, 7) is -0.236. The Hall–Kier alpha value is -1.10. The van der Waals surface area contributed by atoms with Gasteiger partial charge in [-0.1, -0.05) is 32.1 Å². The zero-order chi connectivity index (χ0) is 13.4. The normalized spacial score (nSPS) is 18.3. The highest BCUT2D eigenvalue weighted by atomic mass is 16.4. The summed E-state index contributed by atoms with van der Waals surface area (Å²) < 4.78 is 0. The molecule has 0 bridgehead atoms. The molecule has 0 saturated heterocycles. The molecule has 0 aromatic carbocycles. The van der Waals surface area contributed by atoms with Gasteiger partial charge < -0.3 is 15.5 Å². The molecule has 1 unspecified atom stereocenters. The van der Waals surface area contributed by atoms with Gasteiger partial charge in [0.1, 0.15) is 6.04 Å². The van der Waals surface area contributed by atoms with E-state index in [2.05, 4.69) is 5.32 Å². The summed E-state index contributed by atoms with van der Waals surface area (Å²) >= 11 is 0. The maximum atomic E-state index is 11.6. The van der Waals surface area contributed by atoms with E-state index in [1.807, 2.05) is 0 Å². The first-order chi connectivity index (χ1) is 8.63. The Balaban J connectivity index is 2.24. The van der Waals surface area contributed by atoms with Crippen molar-refractivity contribution in [1.82, 2.24) is 5.32 Å². The lowest BCUT2D eigenvalue weighted by Gasteiger charge is -2.21. The number of aliphatic carboxylic acids is 1. The molecular weight excluding hydrogens is 234 g/mol. The van der Waals surface area contributed by atoms with Crippen LogP contribution in [0.4, 0.5) is 0 Å². The van der Waals surface area contributed by atoms with Crippen molar-refractivity contribution < 1.29 is 19.8 Å². The average Bonchev–Trinajstić information content (AvgIpc) is 2.37. The van der Waals surface area contributed by atoms with Crippen molar-refractivity contribution in [3.63, 3.8) is 0 Å². The van der Waals surface area contributed by atoms with E-state index in [1.165, 1.54) is 32.1 Å². The highest BCUT2D eigenvalue weighted by molar-refractivity contribution is 5.83. The average molecular weight is 257 g/mol. The third-order valence-electron chi connectivity index (χ3n) is 3.56. The highest BCUT2D eigenvalue weighted by Gasteiger charge is 2.20. The van der Waals surface area contributed by atoms with Crippen molar-refractivity contribution in [2.45, 2.75) is 57.4 Å². The Kier molecular flexibility index (Phi) is 6.72. The number of amides is 1. The Morgan fingerprint density at radius 2 is 1.89 bits per heavy atom. The van der Waals surface area contributed by atoms with E-state index in [0.29, 0.717) is 12.3 Å². The minimum absolute atomic E-state index is 0.0600. The molecule has 0 spiro atoms. The summed E-state index contributed by atoms with van der Waals surface area (Å²) in [5, 5.41) is 20.0. The van der Waals surface area contributed by atoms with E-state index in [4.69, 9.17) is 10.2 Å². The molecule has 1 aliphatic carbocycles. The van der Waals surface area contributed by atoms with Gasteiger partial charge in [0.25, 0.3) is 0 Å². The molecule has 0 radical (unpaired) electrons. The third kappa shape index (κ3) is 5.49. The van der Waals surface area contributed by atoms with Gasteiger partial charge in [-0.05, 0) is 12.3 Å². The van der Waals surface area contributed by atoms with Crippen LogP contribution in [-0.2, 0) is 9.59 Å². The first-order valence-electron chi connectivity index (χ1n) is 6.76. The smallest absolute Gasteiger partial charge is 0.326 e. The second-order valence-corrected chi connectivity index (χ2v) is 5.01. The van der Waals surface area contributed by atoms with Gasteiger partial charge in [-0.2, -0.15) is 0 Å². The third-order valence-corrected chi connectivity index (χ3v) is 3.56. The number of nitrogens with one attached hydrogen (secondary N) is 1. The second-order valence-electron chi connectivity index (χ2n) is 5.01. The minimum atomic E-state index is -1.09. The molecule has 0 aromatic rings. The monoisotopic (exact) mass is 257 g/mol. The number of carbonyl (C=O) groups excluding carboxylic acids is 1. The van der Waals surface area contributed by atoms with Crippen molar-refractivity contribution in [2.24, 2.45) is 5.92 Å². The van der Waals surface area contributed by atoms with Crippen LogP contribution in [0.5, 0.6) is 0 Å². The Morgan fingerprint density at radius 3 is 2.44 bits per heavy atom. The summed E-state index contributed by atoms with van der Waals surface area (Å²) in [5.74, 6) is -0.692. The van der Waals surface area contributed by atoms with E-state index in [9.17, 15) is 9.59 Å². The van der Waals surface area contributed by atoms with Crippen LogP contribution in [0.2, 0.25) is 0 Å². The molecule has 1 fully saturated rings. The molecule has 5 nitrogen and oxygen atoms in total. The van der Waals surface area contributed by atoms with E-state index in [1.54, 1.807) is 0 Å². The van der Waals surface area contributed by atoms with E-state index < -0.39 is 12.0 Å². The fourth-order valence-corrected chi connectivity index (χ4v) is 2.46. The molecule has 1 atom stereocenters. The molecule has 1 amide bonds. The zero-order valence-electron chi connectivity index (χ0n) is 10.7. The number of carbonyl (C=O) groups is 2. The Bertz CT molecular complexity index is 274. The molecule has 0 heterocycles. The summed E-state index contributed by atoms with van der Waals surface area (Å²) in [5.41, 5.74) is 0. The van der Waals surface area contributed by atoms with Crippen LogP contribution in [0.3, 0.4) is 0 Å². The van der Waals surface area contributed by atoms with E-state index in [0.717, 1.165) is 6.42 Å². The molecule has 1 saturated carbocycles. The van der Waals surface area contributed by atoms with Gasteiger partial charge >= 0.3 is 5.97 Å². The van der Waals surface area contributed by atoms with E-state index >= 15 is 0 Å².